The highest BCUT2D eigenvalue weighted by atomic mass is 15.2. The van der Waals surface area contributed by atoms with Crippen molar-refractivity contribution in [1.82, 2.24) is 15.3 Å². The fourth-order valence-electron chi connectivity index (χ4n) is 2.27. The molecule has 1 heterocycles. The summed E-state index contributed by atoms with van der Waals surface area (Å²) in [7, 11) is 2.12. The highest BCUT2D eigenvalue weighted by Gasteiger charge is 2.18. The van der Waals surface area contributed by atoms with Gasteiger partial charge in [0.25, 0.3) is 0 Å². The zero-order valence-corrected chi connectivity index (χ0v) is 13.4. The minimum Gasteiger partial charge on any atom is -0.369 e. The summed E-state index contributed by atoms with van der Waals surface area (Å²) >= 11 is 0. The predicted molar refractivity (Wildman–Crippen MR) is 91.6 cm³/mol. The molecule has 0 bridgehead atoms. The molecule has 0 aromatic heterocycles. The zero-order valence-electron chi connectivity index (χ0n) is 13.4. The van der Waals surface area contributed by atoms with E-state index in [4.69, 9.17) is 0 Å². The van der Waals surface area contributed by atoms with Gasteiger partial charge in [0.2, 0.25) is 0 Å². The number of likely N-dealkylation sites (N-methyl/N-ethyl adjacent to an activating group) is 1. The van der Waals surface area contributed by atoms with Crippen molar-refractivity contribution in [1.29, 1.82) is 0 Å². The second-order valence-corrected chi connectivity index (χ2v) is 5.42. The van der Waals surface area contributed by atoms with Gasteiger partial charge in [-0.1, -0.05) is 25.1 Å². The van der Waals surface area contributed by atoms with E-state index in [0.29, 0.717) is 6.04 Å². The Balaban J connectivity index is 1.91. The summed E-state index contributed by atoms with van der Waals surface area (Å²) in [6, 6.07) is 10.8. The number of rotatable bonds is 5. The van der Waals surface area contributed by atoms with E-state index in [0.717, 1.165) is 18.9 Å². The fourth-order valence-corrected chi connectivity index (χ4v) is 2.27. The van der Waals surface area contributed by atoms with Crippen LogP contribution >= 0.6 is 0 Å². The number of hydrogen-bond donors (Lipinski definition) is 2. The molecule has 0 aliphatic carbocycles. The van der Waals surface area contributed by atoms with Gasteiger partial charge >= 0.3 is 5.96 Å². The van der Waals surface area contributed by atoms with Crippen molar-refractivity contribution < 1.29 is 0 Å². The molecule has 1 aromatic rings. The number of guanidine groups is 1. The maximum atomic E-state index is 4.41. The quantitative estimate of drug-likeness (QED) is 0.812. The van der Waals surface area contributed by atoms with Crippen LogP contribution < -0.4 is 20.2 Å². The number of nitrogens with one attached hydrogen (secondary N) is 2. The standard InChI is InChI=1S/C17H24N4/c1-5-16-13(2)11-18-17(20-16)19-12-14(3)21(4)15-9-7-6-8-10-15/h6-11,14H,5,12H2,1-4H3,(H,18,19,20)/p+1. The Morgan fingerprint density at radius 2 is 2.00 bits per heavy atom. The molecule has 0 saturated heterocycles. The molecule has 4 nitrogen and oxygen atoms in total. The Morgan fingerprint density at radius 3 is 2.67 bits per heavy atom. The minimum absolute atomic E-state index is 0.369. The fraction of sp³-hybridized carbons (Fsp3) is 0.412. The highest BCUT2D eigenvalue weighted by molar-refractivity contribution is 5.91. The molecule has 21 heavy (non-hydrogen) atoms. The molecule has 1 aliphatic heterocycles. The lowest BCUT2D eigenvalue weighted by atomic mass is 10.2. The Hall–Kier alpha value is -2.19. The SMILES string of the molecule is CCC1=C(C)C=[N+]=C(NCC(C)N(C)c2ccccc2)N1. The summed E-state index contributed by atoms with van der Waals surface area (Å²) in [6.07, 6.45) is 2.91. The first-order chi connectivity index (χ1) is 10.1. The van der Waals surface area contributed by atoms with Gasteiger partial charge in [0, 0.05) is 18.3 Å². The summed E-state index contributed by atoms with van der Waals surface area (Å²) in [6.45, 7) is 7.27. The van der Waals surface area contributed by atoms with Gasteiger partial charge in [-0.25, -0.2) is 9.98 Å². The third-order valence-electron chi connectivity index (χ3n) is 3.88. The molecule has 1 atom stereocenters. The van der Waals surface area contributed by atoms with Crippen LogP contribution in [0.1, 0.15) is 27.2 Å². The summed E-state index contributed by atoms with van der Waals surface area (Å²) in [5.74, 6) is 0.839. The average molecular weight is 285 g/mol. The number of benzene rings is 1. The Kier molecular flexibility index (Phi) is 5.07. The molecule has 1 unspecified atom stereocenters. The highest BCUT2D eigenvalue weighted by Crippen LogP contribution is 2.13. The first kappa shape index (κ1) is 15.2. The van der Waals surface area contributed by atoms with Crippen molar-refractivity contribution in [2.75, 3.05) is 18.5 Å². The van der Waals surface area contributed by atoms with E-state index >= 15 is 0 Å². The van der Waals surface area contributed by atoms with E-state index in [1.165, 1.54) is 17.0 Å². The van der Waals surface area contributed by atoms with E-state index in [1.807, 2.05) is 12.3 Å². The average Bonchev–Trinajstić information content (AvgIpc) is 2.53. The van der Waals surface area contributed by atoms with Crippen LogP contribution in [0.4, 0.5) is 5.69 Å². The van der Waals surface area contributed by atoms with Crippen LogP contribution in [0.15, 0.2) is 41.6 Å². The third kappa shape index (κ3) is 3.89. The van der Waals surface area contributed by atoms with Gasteiger partial charge < -0.3 is 4.90 Å². The van der Waals surface area contributed by atoms with Crippen molar-refractivity contribution in [3.63, 3.8) is 0 Å². The third-order valence-corrected chi connectivity index (χ3v) is 3.88. The molecular weight excluding hydrogens is 260 g/mol. The Morgan fingerprint density at radius 1 is 1.29 bits per heavy atom. The largest absolute Gasteiger partial charge is 0.443 e. The monoisotopic (exact) mass is 285 g/mol. The van der Waals surface area contributed by atoms with Crippen LogP contribution in [0.3, 0.4) is 0 Å². The molecule has 4 heteroatoms. The van der Waals surface area contributed by atoms with Crippen molar-refractivity contribution in [2.24, 2.45) is 0 Å². The topological polar surface area (TPSA) is 41.4 Å². The number of anilines is 1. The van der Waals surface area contributed by atoms with Crippen molar-refractivity contribution in [2.45, 2.75) is 33.2 Å². The molecule has 0 saturated carbocycles. The molecule has 2 rings (SSSR count). The first-order valence-corrected chi connectivity index (χ1v) is 7.51. The van der Waals surface area contributed by atoms with Crippen LogP contribution in [0, 0.1) is 0 Å². The van der Waals surface area contributed by atoms with E-state index in [9.17, 15) is 0 Å². The maximum Gasteiger partial charge on any atom is 0.443 e. The molecule has 0 radical (unpaired) electrons. The predicted octanol–water partition coefficient (Wildman–Crippen LogP) is 1.88. The van der Waals surface area contributed by atoms with Gasteiger partial charge in [-0.3, -0.25) is 5.32 Å². The van der Waals surface area contributed by atoms with Gasteiger partial charge in [-0.2, -0.15) is 0 Å². The van der Waals surface area contributed by atoms with Gasteiger partial charge in [0.1, 0.15) is 0 Å². The van der Waals surface area contributed by atoms with E-state index in [-0.39, 0.29) is 0 Å². The van der Waals surface area contributed by atoms with Gasteiger partial charge in [-0.05, 0) is 32.4 Å². The first-order valence-electron chi connectivity index (χ1n) is 7.51. The normalized spacial score (nSPS) is 15.3. The summed E-state index contributed by atoms with van der Waals surface area (Å²) in [5.41, 5.74) is 3.66. The van der Waals surface area contributed by atoms with Crippen LogP contribution in [-0.4, -0.2) is 31.8 Å². The van der Waals surface area contributed by atoms with E-state index < -0.39 is 0 Å². The zero-order chi connectivity index (χ0) is 15.2. The summed E-state index contributed by atoms with van der Waals surface area (Å²) in [5, 5.41) is 6.74. The number of para-hydroxylation sites is 1. The van der Waals surface area contributed by atoms with Gasteiger partial charge in [-0.15, -0.1) is 0 Å². The molecule has 0 spiro atoms. The molecule has 1 aromatic carbocycles. The molecule has 0 amide bonds. The second kappa shape index (κ2) is 7.00. The van der Waals surface area contributed by atoms with Crippen LogP contribution in [0.2, 0.25) is 0 Å². The molecule has 1 aliphatic rings. The van der Waals surface area contributed by atoms with E-state index in [2.05, 4.69) is 72.3 Å². The molecule has 0 fully saturated rings. The van der Waals surface area contributed by atoms with Crippen molar-refractivity contribution in [3.8, 4) is 0 Å². The van der Waals surface area contributed by atoms with Gasteiger partial charge in [0.05, 0.1) is 18.3 Å². The number of nitrogens with zero attached hydrogens (tertiary/aromatic N) is 2. The smallest absolute Gasteiger partial charge is 0.369 e. The Bertz CT molecular complexity index is 568. The van der Waals surface area contributed by atoms with Crippen LogP contribution in [0.5, 0.6) is 0 Å². The van der Waals surface area contributed by atoms with Crippen molar-refractivity contribution in [3.05, 3.63) is 41.6 Å². The summed E-state index contributed by atoms with van der Waals surface area (Å²) in [4.78, 5) is 2.27. The lowest BCUT2D eigenvalue weighted by molar-refractivity contribution is 0.652. The lowest BCUT2D eigenvalue weighted by Crippen LogP contribution is -2.47. The van der Waals surface area contributed by atoms with Crippen LogP contribution in [0.25, 0.3) is 0 Å². The molecular formula is C17H25N4+. The van der Waals surface area contributed by atoms with Crippen molar-refractivity contribution >= 4 is 17.9 Å². The minimum atomic E-state index is 0.369. The van der Waals surface area contributed by atoms with Gasteiger partial charge in [0.15, 0.2) is 6.21 Å². The van der Waals surface area contributed by atoms with Crippen LogP contribution in [-0.2, 0) is 0 Å². The lowest BCUT2D eigenvalue weighted by Gasteiger charge is -2.26. The molecule has 2 N–H and O–H groups in total. The number of hydrogen-bond acceptors (Lipinski definition) is 3. The van der Waals surface area contributed by atoms with E-state index in [1.54, 1.807) is 0 Å². The Labute approximate surface area is 127 Å². The number of allylic oxidation sites excluding steroid dienone is 2. The summed E-state index contributed by atoms with van der Waals surface area (Å²) < 4.78 is 4.41. The second-order valence-electron chi connectivity index (χ2n) is 5.42. The molecule has 112 valence electrons. The maximum absolute atomic E-state index is 4.41.